The maximum Gasteiger partial charge on any atom is 0.281 e. The molecule has 34 heavy (non-hydrogen) atoms. The topological polar surface area (TPSA) is 42.0 Å². The number of amides is 1. The van der Waals surface area contributed by atoms with Crippen LogP contribution in [-0.2, 0) is 11.4 Å². The minimum absolute atomic E-state index is 0.174. The van der Waals surface area contributed by atoms with Crippen LogP contribution in [0.2, 0.25) is 0 Å². The highest BCUT2D eigenvalue weighted by molar-refractivity contribution is 9.10. The van der Waals surface area contributed by atoms with E-state index < -0.39 is 0 Å². The first-order valence-electron chi connectivity index (χ1n) is 10.9. The summed E-state index contributed by atoms with van der Waals surface area (Å²) in [5.41, 5.74) is 4.38. The van der Waals surface area contributed by atoms with E-state index in [9.17, 15) is 4.79 Å². The highest BCUT2D eigenvalue weighted by Gasteiger charge is 2.36. The minimum atomic E-state index is -0.174. The first kappa shape index (κ1) is 24.0. The zero-order chi connectivity index (χ0) is 24.2. The second-order valence-corrected chi connectivity index (χ2v) is 9.12. The predicted octanol–water partition coefficient (Wildman–Crippen LogP) is 6.34. The molecule has 0 saturated carbocycles. The number of aryl methyl sites for hydroxylation is 1. The highest BCUT2D eigenvalue weighted by atomic mass is 79.9. The summed E-state index contributed by atoms with van der Waals surface area (Å²) in [6.45, 7) is 5.05. The summed E-state index contributed by atoms with van der Waals surface area (Å²) in [6, 6.07) is 21.3. The van der Waals surface area contributed by atoms with Crippen LogP contribution in [0.25, 0.3) is 6.08 Å². The molecule has 7 heteroatoms. The van der Waals surface area contributed by atoms with Gasteiger partial charge in [0.15, 0.2) is 5.11 Å². The molecule has 1 saturated heterocycles. The Hall–Kier alpha value is -3.16. The third-order valence-electron chi connectivity index (χ3n) is 5.44. The number of ether oxygens (including phenoxy) is 2. The average Bonchev–Trinajstić information content (AvgIpc) is 3.03. The van der Waals surface area contributed by atoms with Gasteiger partial charge in [-0.3, -0.25) is 9.69 Å². The molecule has 1 aliphatic rings. The Morgan fingerprint density at radius 3 is 2.35 bits per heavy atom. The van der Waals surface area contributed by atoms with Crippen molar-refractivity contribution in [1.29, 1.82) is 0 Å². The predicted molar refractivity (Wildman–Crippen MR) is 143 cm³/mol. The van der Waals surface area contributed by atoms with E-state index in [1.807, 2.05) is 55.5 Å². The molecule has 0 radical (unpaired) electrons. The molecule has 1 heterocycles. The summed E-state index contributed by atoms with van der Waals surface area (Å²) in [4.78, 5) is 16.5. The second-order valence-electron chi connectivity index (χ2n) is 7.90. The lowest BCUT2D eigenvalue weighted by molar-refractivity contribution is -0.114. The van der Waals surface area contributed by atoms with E-state index in [0.717, 1.165) is 27.1 Å². The molecule has 1 aliphatic heterocycles. The summed E-state index contributed by atoms with van der Waals surface area (Å²) < 4.78 is 12.3. The number of nitrogens with zero attached hydrogens (tertiary/aromatic N) is 2. The Labute approximate surface area is 213 Å². The fraction of sp³-hybridized carbons (Fsp3) is 0.185. The van der Waals surface area contributed by atoms with Crippen molar-refractivity contribution in [2.24, 2.45) is 0 Å². The molecule has 0 aliphatic carbocycles. The number of thiocarbonyl (C=S) groups is 1. The molecule has 0 spiro atoms. The monoisotopic (exact) mass is 536 g/mol. The third kappa shape index (κ3) is 5.16. The number of benzene rings is 3. The molecule has 0 bridgehead atoms. The van der Waals surface area contributed by atoms with Gasteiger partial charge in [-0.2, -0.15) is 0 Å². The summed E-state index contributed by atoms with van der Waals surface area (Å²) in [6.07, 6.45) is 1.83. The van der Waals surface area contributed by atoms with Crippen LogP contribution in [-0.4, -0.2) is 29.6 Å². The molecular weight excluding hydrogens is 512 g/mol. The fourth-order valence-electron chi connectivity index (χ4n) is 3.57. The van der Waals surface area contributed by atoms with Crippen molar-refractivity contribution in [3.8, 4) is 11.5 Å². The molecule has 0 N–H and O–H groups in total. The quantitative estimate of drug-likeness (QED) is 0.260. The molecule has 4 rings (SSSR count). The fourth-order valence-corrected chi connectivity index (χ4v) is 4.37. The normalized spacial score (nSPS) is 14.8. The molecule has 1 amide bonds. The van der Waals surface area contributed by atoms with Gasteiger partial charge < -0.3 is 14.4 Å². The van der Waals surface area contributed by atoms with E-state index in [1.54, 1.807) is 11.9 Å². The second kappa shape index (κ2) is 10.4. The van der Waals surface area contributed by atoms with E-state index in [1.165, 1.54) is 10.5 Å². The van der Waals surface area contributed by atoms with Crippen molar-refractivity contribution >= 4 is 50.9 Å². The van der Waals surface area contributed by atoms with Gasteiger partial charge in [0.1, 0.15) is 23.8 Å². The number of hydrogen-bond donors (Lipinski definition) is 0. The summed E-state index contributed by atoms with van der Waals surface area (Å²) in [5, 5.41) is 0.428. The van der Waals surface area contributed by atoms with Gasteiger partial charge in [0.2, 0.25) is 0 Å². The van der Waals surface area contributed by atoms with Crippen LogP contribution >= 0.6 is 28.1 Å². The largest absolute Gasteiger partial charge is 0.494 e. The van der Waals surface area contributed by atoms with Crippen molar-refractivity contribution in [2.45, 2.75) is 20.5 Å². The Kier molecular flexibility index (Phi) is 7.34. The van der Waals surface area contributed by atoms with E-state index in [2.05, 4.69) is 47.1 Å². The summed E-state index contributed by atoms with van der Waals surface area (Å²) in [5.74, 6) is 1.32. The van der Waals surface area contributed by atoms with Crippen molar-refractivity contribution in [2.75, 3.05) is 18.6 Å². The Morgan fingerprint density at radius 2 is 1.71 bits per heavy atom. The lowest BCUT2D eigenvalue weighted by Gasteiger charge is -2.16. The van der Waals surface area contributed by atoms with Gasteiger partial charge in [0.25, 0.3) is 5.91 Å². The van der Waals surface area contributed by atoms with Gasteiger partial charge in [-0.1, -0.05) is 35.9 Å². The Balaban J connectivity index is 1.51. The minimum Gasteiger partial charge on any atom is -0.494 e. The third-order valence-corrected chi connectivity index (χ3v) is 6.52. The van der Waals surface area contributed by atoms with Gasteiger partial charge >= 0.3 is 0 Å². The maximum absolute atomic E-state index is 13.2. The van der Waals surface area contributed by atoms with E-state index in [0.29, 0.717) is 29.7 Å². The van der Waals surface area contributed by atoms with Crippen molar-refractivity contribution in [3.05, 3.63) is 93.6 Å². The van der Waals surface area contributed by atoms with E-state index in [4.69, 9.17) is 21.7 Å². The van der Waals surface area contributed by atoms with Crippen molar-refractivity contribution < 1.29 is 14.3 Å². The van der Waals surface area contributed by atoms with E-state index in [-0.39, 0.29) is 5.91 Å². The van der Waals surface area contributed by atoms with Crippen LogP contribution in [0.15, 0.2) is 76.9 Å². The zero-order valence-electron chi connectivity index (χ0n) is 19.2. The highest BCUT2D eigenvalue weighted by Crippen LogP contribution is 2.31. The van der Waals surface area contributed by atoms with Crippen LogP contribution in [0.4, 0.5) is 5.69 Å². The van der Waals surface area contributed by atoms with Crippen LogP contribution in [0.3, 0.4) is 0 Å². The standard InChI is InChI=1S/C27H25BrN2O3S/c1-4-32-22-12-10-21(11-13-22)30-26(31)24(29(3)27(30)34)16-20-9-14-25(23(28)15-20)33-17-19-7-5-18(2)6-8-19/h5-16H,4,17H2,1-3H3/b24-16-. The molecule has 174 valence electrons. The molecule has 0 unspecified atom stereocenters. The zero-order valence-corrected chi connectivity index (χ0v) is 21.7. The number of hydrogen-bond acceptors (Lipinski definition) is 4. The molecule has 0 atom stereocenters. The Bertz CT molecular complexity index is 1240. The van der Waals surface area contributed by atoms with Crippen LogP contribution in [0, 0.1) is 6.92 Å². The van der Waals surface area contributed by atoms with Gasteiger partial charge in [-0.25, -0.2) is 0 Å². The van der Waals surface area contributed by atoms with Crippen LogP contribution in [0.1, 0.15) is 23.6 Å². The number of carbonyl (C=O) groups excluding carboxylic acids is 1. The van der Waals surface area contributed by atoms with Crippen LogP contribution in [0.5, 0.6) is 11.5 Å². The number of rotatable bonds is 7. The van der Waals surface area contributed by atoms with Gasteiger partial charge in [-0.15, -0.1) is 0 Å². The first-order chi connectivity index (χ1) is 16.4. The van der Waals surface area contributed by atoms with Gasteiger partial charge in [-0.05, 0) is 95.6 Å². The number of halogens is 1. The smallest absolute Gasteiger partial charge is 0.281 e. The number of carbonyl (C=O) groups is 1. The first-order valence-corrected chi connectivity index (χ1v) is 12.1. The lowest BCUT2D eigenvalue weighted by atomic mass is 10.1. The van der Waals surface area contributed by atoms with Crippen molar-refractivity contribution in [1.82, 2.24) is 4.90 Å². The molecule has 3 aromatic carbocycles. The molecule has 3 aromatic rings. The maximum atomic E-state index is 13.2. The number of anilines is 1. The summed E-state index contributed by atoms with van der Waals surface area (Å²) in [7, 11) is 1.80. The molecule has 0 aromatic heterocycles. The Morgan fingerprint density at radius 1 is 1.00 bits per heavy atom. The lowest BCUT2D eigenvalue weighted by Crippen LogP contribution is -2.31. The number of likely N-dealkylation sites (N-methyl/N-ethyl adjacent to an activating group) is 1. The van der Waals surface area contributed by atoms with Gasteiger partial charge in [0, 0.05) is 7.05 Å². The van der Waals surface area contributed by atoms with Crippen molar-refractivity contribution in [3.63, 3.8) is 0 Å². The van der Waals surface area contributed by atoms with E-state index >= 15 is 0 Å². The van der Waals surface area contributed by atoms with Gasteiger partial charge in [0.05, 0.1) is 16.8 Å². The molecule has 5 nitrogen and oxygen atoms in total. The molecule has 1 fully saturated rings. The van der Waals surface area contributed by atoms with Crippen LogP contribution < -0.4 is 14.4 Å². The average molecular weight is 537 g/mol. The SMILES string of the molecule is CCOc1ccc(N2C(=O)/C(=C/c3ccc(OCc4ccc(C)cc4)c(Br)c3)N(C)C2=S)cc1. The molecular formula is C27H25BrN2O3S. The summed E-state index contributed by atoms with van der Waals surface area (Å²) >= 11 is 9.16.